The summed E-state index contributed by atoms with van der Waals surface area (Å²) in [5.74, 6) is 0.691. The quantitative estimate of drug-likeness (QED) is 0.556. The molecule has 0 saturated heterocycles. The van der Waals surface area contributed by atoms with Crippen molar-refractivity contribution >= 4 is 0 Å². The Labute approximate surface area is 100 Å². The van der Waals surface area contributed by atoms with Crippen LogP contribution in [0.3, 0.4) is 0 Å². The fraction of sp³-hybridized carbons (Fsp3) is 0.500. The van der Waals surface area contributed by atoms with Gasteiger partial charge in [0.25, 0.3) is 0 Å². The first-order chi connectivity index (χ1) is 7.93. The largest absolute Gasteiger partial charge is 0.0916 e. The standard InChI is InChI=1S/C16H24/c1-2-3-13-16-14-11-9-7-5-4-6-8-10-12-15-16/h2-5,10-12,14,16H,6-9,13,15H2,1H3. The van der Waals surface area contributed by atoms with Crippen molar-refractivity contribution < 1.29 is 0 Å². The zero-order valence-electron chi connectivity index (χ0n) is 10.4. The summed E-state index contributed by atoms with van der Waals surface area (Å²) in [5, 5.41) is 0. The van der Waals surface area contributed by atoms with Crippen LogP contribution in [0.15, 0.2) is 48.6 Å². The lowest BCUT2D eigenvalue weighted by atomic mass is 9.99. The van der Waals surface area contributed by atoms with E-state index in [0.717, 1.165) is 0 Å². The maximum Gasteiger partial charge on any atom is -0.0164 e. The van der Waals surface area contributed by atoms with Gasteiger partial charge in [0.2, 0.25) is 0 Å². The van der Waals surface area contributed by atoms with E-state index in [1.807, 2.05) is 0 Å². The van der Waals surface area contributed by atoms with Crippen molar-refractivity contribution in [3.63, 3.8) is 0 Å². The maximum atomic E-state index is 2.39. The van der Waals surface area contributed by atoms with E-state index in [9.17, 15) is 0 Å². The van der Waals surface area contributed by atoms with Gasteiger partial charge in [0.05, 0.1) is 0 Å². The van der Waals surface area contributed by atoms with E-state index in [-0.39, 0.29) is 0 Å². The molecule has 0 saturated carbocycles. The molecule has 16 heavy (non-hydrogen) atoms. The molecule has 0 fully saturated rings. The second-order valence-electron chi connectivity index (χ2n) is 4.33. The molecule has 0 heteroatoms. The van der Waals surface area contributed by atoms with Gasteiger partial charge in [0.1, 0.15) is 0 Å². The molecule has 0 nitrogen and oxygen atoms in total. The lowest BCUT2D eigenvalue weighted by Gasteiger charge is -2.07. The van der Waals surface area contributed by atoms with Crippen molar-refractivity contribution in [1.82, 2.24) is 0 Å². The van der Waals surface area contributed by atoms with Gasteiger partial charge in [-0.25, -0.2) is 0 Å². The Hall–Kier alpha value is -1.04. The second-order valence-corrected chi connectivity index (χ2v) is 4.33. The highest BCUT2D eigenvalue weighted by atomic mass is 14.0. The second kappa shape index (κ2) is 9.21. The maximum absolute atomic E-state index is 2.39. The minimum atomic E-state index is 0.691. The molecule has 0 aromatic heterocycles. The van der Waals surface area contributed by atoms with Gasteiger partial charge >= 0.3 is 0 Å². The Balaban J connectivity index is 2.49. The average Bonchev–Trinajstić information content (AvgIpc) is 2.28. The van der Waals surface area contributed by atoms with Crippen LogP contribution >= 0.6 is 0 Å². The highest BCUT2D eigenvalue weighted by Crippen LogP contribution is 2.14. The first kappa shape index (κ1) is 13.0. The smallest absolute Gasteiger partial charge is 0.0164 e. The summed E-state index contributed by atoms with van der Waals surface area (Å²) < 4.78 is 0. The fourth-order valence-electron chi connectivity index (χ4n) is 1.86. The summed E-state index contributed by atoms with van der Waals surface area (Å²) >= 11 is 0. The molecule has 1 rings (SSSR count). The van der Waals surface area contributed by atoms with Gasteiger partial charge in [-0.2, -0.15) is 0 Å². The van der Waals surface area contributed by atoms with Crippen LogP contribution in [0.25, 0.3) is 0 Å². The van der Waals surface area contributed by atoms with E-state index in [4.69, 9.17) is 0 Å². The molecule has 0 spiro atoms. The summed E-state index contributed by atoms with van der Waals surface area (Å²) in [5.41, 5.74) is 0. The minimum Gasteiger partial charge on any atom is -0.0916 e. The highest BCUT2D eigenvalue weighted by Gasteiger charge is 1.99. The van der Waals surface area contributed by atoms with Crippen molar-refractivity contribution in [3.8, 4) is 0 Å². The third-order valence-electron chi connectivity index (χ3n) is 2.85. The van der Waals surface area contributed by atoms with E-state index in [1.54, 1.807) is 0 Å². The van der Waals surface area contributed by atoms with Gasteiger partial charge in [0.15, 0.2) is 0 Å². The zero-order valence-corrected chi connectivity index (χ0v) is 10.4. The Morgan fingerprint density at radius 1 is 0.938 bits per heavy atom. The van der Waals surface area contributed by atoms with E-state index < -0.39 is 0 Å². The molecule has 0 amide bonds. The van der Waals surface area contributed by atoms with Crippen molar-refractivity contribution in [2.24, 2.45) is 5.92 Å². The number of allylic oxidation sites excluding steroid dienone is 8. The van der Waals surface area contributed by atoms with Gasteiger partial charge in [-0.15, -0.1) is 0 Å². The van der Waals surface area contributed by atoms with E-state index in [0.29, 0.717) is 5.92 Å². The lowest BCUT2D eigenvalue weighted by molar-refractivity contribution is 0.669. The molecule has 0 heterocycles. The van der Waals surface area contributed by atoms with Crippen LogP contribution in [0, 0.1) is 5.92 Å². The van der Waals surface area contributed by atoms with Gasteiger partial charge < -0.3 is 0 Å². The van der Waals surface area contributed by atoms with Crippen LogP contribution in [0.1, 0.15) is 45.4 Å². The molecule has 0 aromatic rings. The van der Waals surface area contributed by atoms with Crippen molar-refractivity contribution in [2.75, 3.05) is 0 Å². The first-order valence-electron chi connectivity index (χ1n) is 6.51. The molecule has 0 aliphatic heterocycles. The molecular formula is C16H24. The van der Waals surface area contributed by atoms with Gasteiger partial charge in [-0.3, -0.25) is 0 Å². The van der Waals surface area contributed by atoms with Crippen LogP contribution in [-0.2, 0) is 0 Å². The Morgan fingerprint density at radius 3 is 2.25 bits per heavy atom. The minimum absolute atomic E-state index is 0.691. The summed E-state index contributed by atoms with van der Waals surface area (Å²) in [6, 6.07) is 0. The monoisotopic (exact) mass is 216 g/mol. The molecule has 1 aliphatic rings. The predicted octanol–water partition coefficient (Wildman–Crippen LogP) is 5.20. The summed E-state index contributed by atoms with van der Waals surface area (Å²) in [7, 11) is 0. The fourth-order valence-corrected chi connectivity index (χ4v) is 1.86. The molecule has 1 unspecified atom stereocenters. The first-order valence-corrected chi connectivity index (χ1v) is 6.51. The van der Waals surface area contributed by atoms with Crippen LogP contribution in [0.4, 0.5) is 0 Å². The molecule has 0 bridgehead atoms. The number of hydrogen-bond acceptors (Lipinski definition) is 0. The normalized spacial score (nSPS) is 23.2. The van der Waals surface area contributed by atoms with E-state index in [1.165, 1.54) is 38.5 Å². The van der Waals surface area contributed by atoms with Crippen LogP contribution < -0.4 is 0 Å². The number of hydrogen-bond donors (Lipinski definition) is 0. The molecule has 1 aliphatic carbocycles. The molecular weight excluding hydrogens is 192 g/mol. The predicted molar refractivity (Wildman–Crippen MR) is 73.4 cm³/mol. The summed E-state index contributed by atoms with van der Waals surface area (Å²) in [4.78, 5) is 0. The third kappa shape index (κ3) is 6.44. The van der Waals surface area contributed by atoms with Crippen LogP contribution in [0.2, 0.25) is 0 Å². The summed E-state index contributed by atoms with van der Waals surface area (Å²) in [6.07, 6.45) is 25.5. The van der Waals surface area contributed by atoms with Crippen molar-refractivity contribution in [1.29, 1.82) is 0 Å². The van der Waals surface area contributed by atoms with E-state index >= 15 is 0 Å². The highest BCUT2D eigenvalue weighted by molar-refractivity contribution is 4.99. The van der Waals surface area contributed by atoms with Crippen molar-refractivity contribution in [3.05, 3.63) is 48.6 Å². The third-order valence-corrected chi connectivity index (χ3v) is 2.85. The number of rotatable bonds is 2. The Bertz CT molecular complexity index is 266. The van der Waals surface area contributed by atoms with Gasteiger partial charge in [-0.1, -0.05) is 48.6 Å². The van der Waals surface area contributed by atoms with E-state index in [2.05, 4.69) is 55.5 Å². The molecule has 0 radical (unpaired) electrons. The average molecular weight is 216 g/mol. The molecule has 0 aromatic carbocycles. The lowest BCUT2D eigenvalue weighted by Crippen LogP contribution is -1.92. The zero-order chi connectivity index (χ0) is 11.5. The SMILES string of the molecule is CC=CCC1C=CCCC=CCCC=CC1. The van der Waals surface area contributed by atoms with Crippen LogP contribution in [0.5, 0.6) is 0 Å². The van der Waals surface area contributed by atoms with Gasteiger partial charge in [-0.05, 0) is 51.4 Å². The summed E-state index contributed by atoms with van der Waals surface area (Å²) in [6.45, 7) is 2.10. The van der Waals surface area contributed by atoms with Gasteiger partial charge in [0, 0.05) is 0 Å². The molecule has 88 valence electrons. The Morgan fingerprint density at radius 2 is 1.56 bits per heavy atom. The topological polar surface area (TPSA) is 0 Å². The van der Waals surface area contributed by atoms with Crippen molar-refractivity contribution in [2.45, 2.75) is 45.4 Å². The Kier molecular flexibility index (Phi) is 7.49. The van der Waals surface area contributed by atoms with Crippen LogP contribution in [-0.4, -0.2) is 0 Å². The molecule has 1 atom stereocenters. The molecule has 0 N–H and O–H groups in total.